The lowest BCUT2D eigenvalue weighted by Gasteiger charge is -2.49. The maximum Gasteiger partial charge on any atom is 0.255 e. The van der Waals surface area contributed by atoms with Crippen LogP contribution in [0.15, 0.2) is 42.7 Å². The lowest BCUT2D eigenvalue weighted by atomic mass is 9.81. The third-order valence-electron chi connectivity index (χ3n) is 7.39. The molecule has 7 nitrogen and oxygen atoms in total. The molecule has 3 saturated heterocycles. The number of rotatable bonds is 3. The summed E-state index contributed by atoms with van der Waals surface area (Å²) >= 11 is 0. The third kappa shape index (κ3) is 4.50. The molecule has 0 radical (unpaired) electrons. The van der Waals surface area contributed by atoms with Crippen molar-refractivity contribution in [3.63, 3.8) is 0 Å². The zero-order valence-corrected chi connectivity index (χ0v) is 18.9. The van der Waals surface area contributed by atoms with E-state index in [9.17, 15) is 4.79 Å². The van der Waals surface area contributed by atoms with Crippen molar-refractivity contribution in [2.75, 3.05) is 50.8 Å². The van der Waals surface area contributed by atoms with Crippen molar-refractivity contribution >= 4 is 11.7 Å². The van der Waals surface area contributed by atoms with Crippen LogP contribution in [0.4, 0.5) is 5.82 Å². The summed E-state index contributed by atoms with van der Waals surface area (Å²) < 4.78 is 6.37. The minimum Gasteiger partial charge on any atom is -0.375 e. The minimum atomic E-state index is -0.0800. The molecular formula is C25H33N5O2. The topological polar surface area (TPSA) is 61.8 Å². The molecule has 1 amide bonds. The van der Waals surface area contributed by atoms with E-state index in [1.165, 1.54) is 0 Å². The summed E-state index contributed by atoms with van der Waals surface area (Å²) in [5.74, 6) is 1.17. The average molecular weight is 436 g/mol. The van der Waals surface area contributed by atoms with E-state index in [4.69, 9.17) is 4.74 Å². The first-order valence-corrected chi connectivity index (χ1v) is 11.9. The molecule has 5 heterocycles. The number of aromatic nitrogens is 2. The van der Waals surface area contributed by atoms with Gasteiger partial charge in [-0.2, -0.15) is 0 Å². The van der Waals surface area contributed by atoms with Gasteiger partial charge in [-0.05, 0) is 56.9 Å². The van der Waals surface area contributed by atoms with Crippen LogP contribution < -0.4 is 4.90 Å². The molecule has 0 bridgehead atoms. The monoisotopic (exact) mass is 435 g/mol. The highest BCUT2D eigenvalue weighted by Crippen LogP contribution is 2.37. The van der Waals surface area contributed by atoms with Crippen molar-refractivity contribution in [2.24, 2.45) is 0 Å². The van der Waals surface area contributed by atoms with Crippen LogP contribution in [0.5, 0.6) is 0 Å². The lowest BCUT2D eigenvalue weighted by molar-refractivity contribution is -0.130. The molecule has 0 saturated carbocycles. The fourth-order valence-electron chi connectivity index (χ4n) is 5.41. The van der Waals surface area contributed by atoms with Gasteiger partial charge in [0.2, 0.25) is 0 Å². The van der Waals surface area contributed by atoms with Gasteiger partial charge in [-0.15, -0.1) is 0 Å². The Hall–Kier alpha value is -2.51. The lowest BCUT2D eigenvalue weighted by Crippen LogP contribution is -2.57. The summed E-state index contributed by atoms with van der Waals surface area (Å²) in [7, 11) is 0. The number of pyridine rings is 2. The van der Waals surface area contributed by atoms with E-state index in [0.717, 1.165) is 83.1 Å². The van der Waals surface area contributed by atoms with Crippen molar-refractivity contribution in [1.82, 2.24) is 19.8 Å². The van der Waals surface area contributed by atoms with Crippen molar-refractivity contribution in [1.29, 1.82) is 0 Å². The third-order valence-corrected chi connectivity index (χ3v) is 7.39. The highest BCUT2D eigenvalue weighted by molar-refractivity contribution is 5.94. The van der Waals surface area contributed by atoms with Crippen LogP contribution in [-0.2, 0) is 4.74 Å². The Labute approximate surface area is 190 Å². The van der Waals surface area contributed by atoms with Gasteiger partial charge >= 0.3 is 0 Å². The van der Waals surface area contributed by atoms with Crippen LogP contribution in [0.2, 0.25) is 0 Å². The van der Waals surface area contributed by atoms with E-state index in [0.29, 0.717) is 11.6 Å². The second kappa shape index (κ2) is 9.16. The van der Waals surface area contributed by atoms with Crippen molar-refractivity contribution in [3.05, 3.63) is 54.0 Å². The van der Waals surface area contributed by atoms with E-state index in [1.54, 1.807) is 6.20 Å². The van der Waals surface area contributed by atoms with E-state index < -0.39 is 0 Å². The molecule has 5 rings (SSSR count). The maximum atomic E-state index is 12.9. The number of carbonyl (C=O) groups is 1. The van der Waals surface area contributed by atoms with Crippen LogP contribution in [0, 0.1) is 6.92 Å². The summed E-state index contributed by atoms with van der Waals surface area (Å²) in [6, 6.07) is 10.5. The fraction of sp³-hybridized carbons (Fsp3) is 0.560. The normalized spacial score (nSPS) is 24.0. The molecule has 3 fully saturated rings. The number of nitrogens with zero attached hydrogens (tertiary/aromatic N) is 5. The fourth-order valence-corrected chi connectivity index (χ4v) is 5.41. The Morgan fingerprint density at radius 3 is 2.53 bits per heavy atom. The smallest absolute Gasteiger partial charge is 0.255 e. The van der Waals surface area contributed by atoms with Gasteiger partial charge in [0.15, 0.2) is 0 Å². The zero-order valence-electron chi connectivity index (χ0n) is 18.9. The molecule has 1 unspecified atom stereocenters. The van der Waals surface area contributed by atoms with Crippen molar-refractivity contribution in [3.8, 4) is 0 Å². The summed E-state index contributed by atoms with van der Waals surface area (Å²) in [5, 5.41) is 0. The molecule has 0 aliphatic carbocycles. The number of hydrogen-bond donors (Lipinski definition) is 0. The number of carbonyl (C=O) groups excluding carboxylic acids is 1. The molecule has 2 aromatic rings. The van der Waals surface area contributed by atoms with Crippen molar-refractivity contribution < 1.29 is 9.53 Å². The highest BCUT2D eigenvalue weighted by Gasteiger charge is 2.43. The molecule has 1 atom stereocenters. The first-order valence-electron chi connectivity index (χ1n) is 11.9. The Bertz CT molecular complexity index is 904. The van der Waals surface area contributed by atoms with Gasteiger partial charge in [0.05, 0.1) is 11.2 Å². The molecule has 1 spiro atoms. The quantitative estimate of drug-likeness (QED) is 0.739. The Morgan fingerprint density at radius 2 is 1.84 bits per heavy atom. The van der Waals surface area contributed by atoms with Gasteiger partial charge in [0, 0.05) is 70.0 Å². The first kappa shape index (κ1) is 21.3. The number of anilines is 1. The summed E-state index contributed by atoms with van der Waals surface area (Å²) in [5.41, 5.74) is 1.53. The zero-order chi connectivity index (χ0) is 22.0. The number of aryl methyl sites for hydroxylation is 1. The number of piperazine rings is 1. The number of hydrogen-bond acceptors (Lipinski definition) is 6. The van der Waals surface area contributed by atoms with Gasteiger partial charge < -0.3 is 14.5 Å². The molecule has 3 aliphatic heterocycles. The van der Waals surface area contributed by atoms with Gasteiger partial charge in [-0.1, -0.05) is 6.07 Å². The molecule has 32 heavy (non-hydrogen) atoms. The van der Waals surface area contributed by atoms with Crippen LogP contribution in [0.3, 0.4) is 0 Å². The second-order valence-electron chi connectivity index (χ2n) is 9.37. The Balaban J connectivity index is 1.15. The second-order valence-corrected chi connectivity index (χ2v) is 9.37. The van der Waals surface area contributed by atoms with E-state index in [2.05, 4.69) is 31.9 Å². The van der Waals surface area contributed by atoms with Gasteiger partial charge in [-0.25, -0.2) is 4.98 Å². The standard InChI is InChI=1S/C25H33N5O2/c1-20-5-6-21(19-27-20)24(31)30-11-8-25(9-12-30)18-22(7-17-32-25)28-13-15-29(16-14-28)23-4-2-3-10-26-23/h2-6,10,19,22H,7-9,11-18H2,1H3. The largest absolute Gasteiger partial charge is 0.375 e. The van der Waals surface area contributed by atoms with Crippen LogP contribution in [-0.4, -0.2) is 83.2 Å². The predicted octanol–water partition coefficient (Wildman–Crippen LogP) is 2.76. The van der Waals surface area contributed by atoms with Crippen LogP contribution in [0.25, 0.3) is 0 Å². The number of amides is 1. The molecule has 7 heteroatoms. The summed E-state index contributed by atoms with van der Waals surface area (Å²) in [6.45, 7) is 8.46. The van der Waals surface area contributed by atoms with Gasteiger partial charge in [0.1, 0.15) is 5.82 Å². The molecule has 170 valence electrons. The molecule has 0 aromatic carbocycles. The van der Waals surface area contributed by atoms with Crippen LogP contribution in [0.1, 0.15) is 41.7 Å². The molecule has 0 N–H and O–H groups in total. The highest BCUT2D eigenvalue weighted by atomic mass is 16.5. The number of likely N-dealkylation sites (tertiary alicyclic amines) is 1. The van der Waals surface area contributed by atoms with Gasteiger partial charge in [0.25, 0.3) is 5.91 Å². The van der Waals surface area contributed by atoms with E-state index >= 15 is 0 Å². The van der Waals surface area contributed by atoms with E-state index in [-0.39, 0.29) is 11.5 Å². The maximum absolute atomic E-state index is 12.9. The SMILES string of the molecule is Cc1ccc(C(=O)N2CCC3(CC2)CC(N2CCN(c4ccccn4)CC2)CCO3)cn1. The predicted molar refractivity (Wildman–Crippen MR) is 124 cm³/mol. The van der Waals surface area contributed by atoms with Gasteiger partial charge in [-0.3, -0.25) is 14.7 Å². The minimum absolute atomic E-state index is 0.0800. The summed E-state index contributed by atoms with van der Waals surface area (Å²) in [6.07, 6.45) is 7.58. The molecule has 3 aliphatic rings. The Kier molecular flexibility index (Phi) is 6.11. The van der Waals surface area contributed by atoms with Crippen LogP contribution >= 0.6 is 0 Å². The first-order chi connectivity index (χ1) is 15.6. The Morgan fingerprint density at radius 1 is 1.03 bits per heavy atom. The number of piperidine rings is 1. The molecular weight excluding hydrogens is 402 g/mol. The average Bonchev–Trinajstić information content (AvgIpc) is 2.85. The summed E-state index contributed by atoms with van der Waals surface area (Å²) in [4.78, 5) is 28.7. The van der Waals surface area contributed by atoms with E-state index in [1.807, 2.05) is 36.2 Å². The molecule has 2 aromatic heterocycles. The number of ether oxygens (including phenoxy) is 1. The van der Waals surface area contributed by atoms with Crippen molar-refractivity contribution in [2.45, 2.75) is 44.2 Å².